The maximum Gasteiger partial charge on any atom is 0.288 e. The summed E-state index contributed by atoms with van der Waals surface area (Å²) in [6.45, 7) is 4.47. The van der Waals surface area contributed by atoms with Crippen LogP contribution in [0.2, 0.25) is 0 Å². The number of rotatable bonds is 4. The molecule has 0 spiro atoms. The number of Topliss-reactive ketones (excluding diaryl/α,β-unsaturated/α-hetero) is 1. The fourth-order valence-corrected chi connectivity index (χ4v) is 0.611. The molecule has 0 aromatic carbocycles. The highest BCUT2D eigenvalue weighted by molar-refractivity contribution is 7.81. The zero-order chi connectivity index (χ0) is 8.85. The summed E-state index contributed by atoms with van der Waals surface area (Å²) in [5.41, 5.74) is 0. The van der Waals surface area contributed by atoms with Crippen molar-refractivity contribution >= 4 is 24.3 Å². The van der Waals surface area contributed by atoms with Crippen LogP contribution in [0.15, 0.2) is 0 Å². The van der Waals surface area contributed by atoms with Crippen LogP contribution in [0, 0.1) is 5.92 Å². The van der Waals surface area contributed by atoms with E-state index in [-0.39, 0.29) is 5.75 Å². The van der Waals surface area contributed by atoms with E-state index in [9.17, 15) is 9.59 Å². The lowest BCUT2D eigenvalue weighted by atomic mass is 10.2. The Morgan fingerprint density at radius 2 is 2.00 bits per heavy atom. The molecule has 0 bridgehead atoms. The zero-order valence-corrected chi connectivity index (χ0v) is 7.65. The first kappa shape index (κ1) is 10.5. The third-order valence-corrected chi connectivity index (χ3v) is 1.35. The summed E-state index contributed by atoms with van der Waals surface area (Å²) in [7, 11) is 0. The molecule has 3 nitrogen and oxygen atoms in total. The molecule has 0 rings (SSSR count). The minimum absolute atomic E-state index is 0.0239. The zero-order valence-electron chi connectivity index (χ0n) is 6.76. The van der Waals surface area contributed by atoms with E-state index >= 15 is 0 Å². The van der Waals surface area contributed by atoms with Crippen molar-refractivity contribution in [2.45, 2.75) is 13.8 Å². The van der Waals surface area contributed by atoms with Gasteiger partial charge in [0.05, 0.1) is 5.75 Å². The fourth-order valence-electron chi connectivity index (χ4n) is 0.467. The van der Waals surface area contributed by atoms with Gasteiger partial charge in [0, 0.05) is 6.54 Å². The van der Waals surface area contributed by atoms with Gasteiger partial charge in [0.1, 0.15) is 0 Å². The van der Waals surface area contributed by atoms with Crippen molar-refractivity contribution in [1.29, 1.82) is 0 Å². The molecule has 0 saturated carbocycles. The molecule has 64 valence electrons. The number of ketones is 1. The highest BCUT2D eigenvalue weighted by Crippen LogP contribution is 1.87. The third-order valence-electron chi connectivity index (χ3n) is 1.07. The average Bonchev–Trinajstić information content (AvgIpc) is 1.98. The molecule has 11 heavy (non-hydrogen) atoms. The van der Waals surface area contributed by atoms with Gasteiger partial charge in [0.2, 0.25) is 5.78 Å². The number of amides is 1. The summed E-state index contributed by atoms with van der Waals surface area (Å²) < 4.78 is 0. The van der Waals surface area contributed by atoms with E-state index < -0.39 is 11.7 Å². The van der Waals surface area contributed by atoms with E-state index in [1.807, 2.05) is 13.8 Å². The van der Waals surface area contributed by atoms with Gasteiger partial charge < -0.3 is 5.32 Å². The van der Waals surface area contributed by atoms with Crippen LogP contribution in [0.5, 0.6) is 0 Å². The molecule has 0 aromatic heterocycles. The molecule has 0 unspecified atom stereocenters. The Bertz CT molecular complexity index is 157. The van der Waals surface area contributed by atoms with Crippen molar-refractivity contribution < 1.29 is 9.59 Å². The van der Waals surface area contributed by atoms with Crippen molar-refractivity contribution in [3.63, 3.8) is 0 Å². The van der Waals surface area contributed by atoms with Crippen LogP contribution >= 0.6 is 12.6 Å². The molecule has 0 radical (unpaired) electrons. The second-order valence-electron chi connectivity index (χ2n) is 2.69. The van der Waals surface area contributed by atoms with Crippen molar-refractivity contribution in [2.75, 3.05) is 12.3 Å². The van der Waals surface area contributed by atoms with Crippen LogP contribution in [0.3, 0.4) is 0 Å². The topological polar surface area (TPSA) is 46.2 Å². The van der Waals surface area contributed by atoms with Gasteiger partial charge in [-0.05, 0) is 5.92 Å². The van der Waals surface area contributed by atoms with E-state index in [4.69, 9.17) is 0 Å². The molecule has 0 aromatic rings. The average molecular weight is 175 g/mol. The summed E-state index contributed by atoms with van der Waals surface area (Å²) in [6.07, 6.45) is 0. The highest BCUT2D eigenvalue weighted by Gasteiger charge is 2.10. The molecule has 1 N–H and O–H groups in total. The number of thiol groups is 1. The quantitative estimate of drug-likeness (QED) is 0.475. The summed E-state index contributed by atoms with van der Waals surface area (Å²) in [6, 6.07) is 0. The monoisotopic (exact) mass is 175 g/mol. The SMILES string of the molecule is CC(C)CNC(=O)C(=O)CS. The maximum atomic E-state index is 10.8. The Kier molecular flexibility index (Phi) is 4.94. The van der Waals surface area contributed by atoms with Crippen LogP contribution in [0.1, 0.15) is 13.8 Å². The van der Waals surface area contributed by atoms with Crippen molar-refractivity contribution in [3.05, 3.63) is 0 Å². The van der Waals surface area contributed by atoms with Gasteiger partial charge in [0.25, 0.3) is 5.91 Å². The molecule has 0 atom stereocenters. The molecule has 1 amide bonds. The molecule has 0 heterocycles. The van der Waals surface area contributed by atoms with Crippen LogP contribution in [0.4, 0.5) is 0 Å². The van der Waals surface area contributed by atoms with E-state index in [0.29, 0.717) is 12.5 Å². The Morgan fingerprint density at radius 1 is 1.45 bits per heavy atom. The van der Waals surface area contributed by atoms with Gasteiger partial charge in [-0.15, -0.1) is 0 Å². The highest BCUT2D eigenvalue weighted by atomic mass is 32.1. The normalized spacial score (nSPS) is 9.82. The van der Waals surface area contributed by atoms with E-state index in [1.165, 1.54) is 0 Å². The predicted octanol–water partition coefficient (Wildman–Crippen LogP) is 0.257. The van der Waals surface area contributed by atoms with Crippen molar-refractivity contribution in [2.24, 2.45) is 5.92 Å². The molecule has 0 aliphatic carbocycles. The first-order valence-corrected chi connectivity index (χ1v) is 4.13. The molecule has 0 aliphatic heterocycles. The summed E-state index contributed by atoms with van der Waals surface area (Å²) >= 11 is 3.69. The van der Waals surface area contributed by atoms with Gasteiger partial charge >= 0.3 is 0 Å². The van der Waals surface area contributed by atoms with E-state index in [0.717, 1.165) is 0 Å². The number of carbonyl (C=O) groups excluding carboxylic acids is 2. The number of nitrogens with one attached hydrogen (secondary N) is 1. The number of hydrogen-bond donors (Lipinski definition) is 2. The van der Waals surface area contributed by atoms with Gasteiger partial charge in [-0.3, -0.25) is 9.59 Å². The molecular weight excluding hydrogens is 162 g/mol. The van der Waals surface area contributed by atoms with Gasteiger partial charge in [-0.1, -0.05) is 13.8 Å². The number of carbonyl (C=O) groups is 2. The van der Waals surface area contributed by atoms with Gasteiger partial charge in [0.15, 0.2) is 0 Å². The minimum atomic E-state index is -0.534. The van der Waals surface area contributed by atoms with E-state index in [2.05, 4.69) is 17.9 Å². The molecule has 0 fully saturated rings. The Morgan fingerprint density at radius 3 is 2.36 bits per heavy atom. The summed E-state index contributed by atoms with van der Waals surface area (Å²) in [5.74, 6) is -0.668. The van der Waals surface area contributed by atoms with Gasteiger partial charge in [-0.2, -0.15) is 12.6 Å². The largest absolute Gasteiger partial charge is 0.349 e. The Labute approximate surface area is 72.0 Å². The van der Waals surface area contributed by atoms with E-state index in [1.54, 1.807) is 0 Å². The lowest BCUT2D eigenvalue weighted by Gasteiger charge is -2.04. The van der Waals surface area contributed by atoms with Crippen LogP contribution in [-0.2, 0) is 9.59 Å². The maximum absolute atomic E-state index is 10.8. The van der Waals surface area contributed by atoms with Crippen molar-refractivity contribution in [1.82, 2.24) is 5.32 Å². The summed E-state index contributed by atoms with van der Waals surface area (Å²) in [5, 5.41) is 2.50. The van der Waals surface area contributed by atoms with Crippen molar-refractivity contribution in [3.8, 4) is 0 Å². The second-order valence-corrected chi connectivity index (χ2v) is 3.00. The number of hydrogen-bond acceptors (Lipinski definition) is 3. The molecular formula is C7H13NO2S. The van der Waals surface area contributed by atoms with Gasteiger partial charge in [-0.25, -0.2) is 0 Å². The lowest BCUT2D eigenvalue weighted by Crippen LogP contribution is -2.34. The molecule has 0 aliphatic rings. The van der Waals surface area contributed by atoms with Crippen LogP contribution in [0.25, 0.3) is 0 Å². The minimum Gasteiger partial charge on any atom is -0.349 e. The van der Waals surface area contributed by atoms with Crippen LogP contribution in [-0.4, -0.2) is 24.0 Å². The summed E-state index contributed by atoms with van der Waals surface area (Å²) in [4.78, 5) is 21.4. The second kappa shape index (κ2) is 5.18. The third kappa shape index (κ3) is 4.84. The smallest absolute Gasteiger partial charge is 0.288 e. The lowest BCUT2D eigenvalue weighted by molar-refractivity contribution is -0.136. The fraction of sp³-hybridized carbons (Fsp3) is 0.714. The molecule has 4 heteroatoms. The van der Waals surface area contributed by atoms with Crippen LogP contribution < -0.4 is 5.32 Å². The first-order valence-electron chi connectivity index (χ1n) is 3.49. The first-order chi connectivity index (χ1) is 5.07. The predicted molar refractivity (Wildman–Crippen MR) is 46.7 cm³/mol. The standard InChI is InChI=1S/C7H13NO2S/c1-5(2)3-8-7(10)6(9)4-11/h5,11H,3-4H2,1-2H3,(H,8,10). The molecule has 0 saturated heterocycles. The Hall–Kier alpha value is -0.510. The Balaban J connectivity index is 3.61.